The monoisotopic (exact) mass is 118 g/mol. The summed E-state index contributed by atoms with van der Waals surface area (Å²) in [4.78, 5) is 0. The van der Waals surface area contributed by atoms with E-state index < -0.39 is 0 Å². The Bertz CT molecular complexity index is 51.4. The van der Waals surface area contributed by atoms with E-state index in [0.717, 1.165) is 5.41 Å². The lowest BCUT2D eigenvalue weighted by molar-refractivity contribution is 0.190. The number of hydrogen-bond acceptors (Lipinski definition) is 0. The molecule has 0 bridgehead atoms. The van der Waals surface area contributed by atoms with Gasteiger partial charge in [0.05, 0.1) is 7.18 Å². The molecule has 0 heterocycles. The normalized spacial score (nSPS) is 22.5. The van der Waals surface area contributed by atoms with Crippen LogP contribution in [0.5, 0.6) is 0 Å². The van der Waals surface area contributed by atoms with Crippen molar-refractivity contribution in [2.75, 3.05) is 7.18 Å². The molecular formula is C7H15F. The van der Waals surface area contributed by atoms with Gasteiger partial charge in [0.25, 0.3) is 0 Å². The zero-order valence-corrected chi connectivity index (χ0v) is 6.00. The van der Waals surface area contributed by atoms with E-state index in [4.69, 9.17) is 0 Å². The zero-order chi connectivity index (χ0) is 6.62. The molecule has 1 saturated carbocycles. The van der Waals surface area contributed by atoms with Crippen LogP contribution < -0.4 is 0 Å². The van der Waals surface area contributed by atoms with Crippen LogP contribution in [0.1, 0.15) is 33.1 Å². The molecule has 1 heteroatoms. The fraction of sp³-hybridized carbons (Fsp3) is 1.00. The zero-order valence-electron chi connectivity index (χ0n) is 6.00. The Kier molecular flexibility index (Phi) is 3.03. The van der Waals surface area contributed by atoms with Gasteiger partial charge in [0, 0.05) is 0 Å². The summed E-state index contributed by atoms with van der Waals surface area (Å²) in [5.41, 5.74) is 0.722. The van der Waals surface area contributed by atoms with Crippen LogP contribution >= 0.6 is 0 Å². The van der Waals surface area contributed by atoms with Crippen molar-refractivity contribution in [1.29, 1.82) is 0 Å². The summed E-state index contributed by atoms with van der Waals surface area (Å²) in [6.07, 6.45) is 4.37. The highest BCUT2D eigenvalue weighted by atomic mass is 19.1. The first kappa shape index (κ1) is 7.93. The average Bonchev–Trinajstić information content (AvgIpc) is 1.69. The van der Waals surface area contributed by atoms with Crippen molar-refractivity contribution >= 4 is 0 Å². The summed E-state index contributed by atoms with van der Waals surface area (Å²) < 4.78 is 9.50. The molecule has 0 aromatic carbocycles. The third-order valence-corrected chi connectivity index (χ3v) is 1.71. The average molecular weight is 118 g/mol. The minimum atomic E-state index is 0.500. The van der Waals surface area contributed by atoms with E-state index in [0.29, 0.717) is 7.18 Å². The Labute approximate surface area is 51.1 Å². The van der Waals surface area contributed by atoms with Crippen molar-refractivity contribution in [3.05, 3.63) is 0 Å². The highest BCUT2D eigenvalue weighted by Crippen LogP contribution is 2.38. The van der Waals surface area contributed by atoms with Crippen LogP contribution in [0.15, 0.2) is 0 Å². The van der Waals surface area contributed by atoms with E-state index in [2.05, 4.69) is 13.8 Å². The van der Waals surface area contributed by atoms with Crippen LogP contribution in [0.3, 0.4) is 0 Å². The van der Waals surface area contributed by atoms with E-state index in [1.54, 1.807) is 0 Å². The molecule has 0 aliphatic heterocycles. The minimum absolute atomic E-state index is 0.500. The summed E-state index contributed by atoms with van der Waals surface area (Å²) in [5, 5.41) is 0. The molecule has 1 rings (SSSR count). The van der Waals surface area contributed by atoms with Gasteiger partial charge in [-0.3, -0.25) is 4.39 Å². The van der Waals surface area contributed by atoms with E-state index in [-0.39, 0.29) is 0 Å². The quantitative estimate of drug-likeness (QED) is 0.459. The van der Waals surface area contributed by atoms with Gasteiger partial charge < -0.3 is 0 Å². The van der Waals surface area contributed by atoms with Crippen molar-refractivity contribution in [2.24, 2.45) is 5.41 Å². The fourth-order valence-electron chi connectivity index (χ4n) is 0.884. The molecule has 0 nitrogen and oxygen atoms in total. The van der Waals surface area contributed by atoms with Gasteiger partial charge >= 0.3 is 0 Å². The van der Waals surface area contributed by atoms with Crippen LogP contribution in [0.2, 0.25) is 0 Å². The molecule has 0 aromatic rings. The molecule has 0 N–H and O–H groups in total. The van der Waals surface area contributed by atoms with Crippen molar-refractivity contribution in [1.82, 2.24) is 0 Å². The molecule has 0 amide bonds. The SMILES string of the molecule is CC1(C)CCC1.CF. The van der Waals surface area contributed by atoms with Gasteiger partial charge in [-0.1, -0.05) is 20.3 Å². The minimum Gasteiger partial charge on any atom is -0.255 e. The van der Waals surface area contributed by atoms with E-state index in [1.165, 1.54) is 19.3 Å². The number of alkyl halides is 1. The van der Waals surface area contributed by atoms with Gasteiger partial charge in [-0.05, 0) is 18.3 Å². The van der Waals surface area contributed by atoms with Crippen molar-refractivity contribution in [3.63, 3.8) is 0 Å². The van der Waals surface area contributed by atoms with Gasteiger partial charge in [-0.25, -0.2) is 0 Å². The number of rotatable bonds is 0. The second-order valence-corrected chi connectivity index (χ2v) is 3.02. The Morgan fingerprint density at radius 2 is 1.38 bits per heavy atom. The smallest absolute Gasteiger partial charge is 0.0785 e. The Morgan fingerprint density at radius 1 is 1.12 bits per heavy atom. The van der Waals surface area contributed by atoms with Gasteiger partial charge in [0.2, 0.25) is 0 Å². The van der Waals surface area contributed by atoms with Gasteiger partial charge in [0.1, 0.15) is 0 Å². The maximum absolute atomic E-state index is 9.50. The third-order valence-electron chi connectivity index (χ3n) is 1.71. The van der Waals surface area contributed by atoms with E-state index in [9.17, 15) is 4.39 Å². The van der Waals surface area contributed by atoms with Crippen molar-refractivity contribution in [3.8, 4) is 0 Å². The summed E-state index contributed by atoms with van der Waals surface area (Å²) in [6.45, 7) is 4.66. The Hall–Kier alpha value is -0.0700. The van der Waals surface area contributed by atoms with Gasteiger partial charge in [-0.2, -0.15) is 0 Å². The molecule has 1 aliphatic rings. The third kappa shape index (κ3) is 2.29. The topological polar surface area (TPSA) is 0 Å². The van der Waals surface area contributed by atoms with Crippen LogP contribution in [-0.2, 0) is 0 Å². The molecule has 0 atom stereocenters. The first-order chi connectivity index (χ1) is 3.71. The molecule has 1 aliphatic carbocycles. The molecule has 1 fully saturated rings. The summed E-state index contributed by atoms with van der Waals surface area (Å²) in [5.74, 6) is 0. The lowest BCUT2D eigenvalue weighted by Crippen LogP contribution is -2.20. The number of hydrogen-bond donors (Lipinski definition) is 0. The first-order valence-electron chi connectivity index (χ1n) is 3.09. The molecule has 0 saturated heterocycles. The van der Waals surface area contributed by atoms with E-state index in [1.807, 2.05) is 0 Å². The molecule has 8 heavy (non-hydrogen) atoms. The predicted octanol–water partition coefficient (Wildman–Crippen LogP) is 2.78. The van der Waals surface area contributed by atoms with Crippen LogP contribution in [-0.4, -0.2) is 7.18 Å². The summed E-state index contributed by atoms with van der Waals surface area (Å²) in [7, 11) is 0.500. The maximum Gasteiger partial charge on any atom is 0.0785 e. The molecule has 0 unspecified atom stereocenters. The largest absolute Gasteiger partial charge is 0.255 e. The second kappa shape index (κ2) is 3.06. The number of halogens is 1. The molecule has 50 valence electrons. The highest BCUT2D eigenvalue weighted by molar-refractivity contribution is 4.77. The van der Waals surface area contributed by atoms with Crippen LogP contribution in [0.4, 0.5) is 4.39 Å². The predicted molar refractivity (Wildman–Crippen MR) is 34.7 cm³/mol. The molecule has 0 radical (unpaired) electrons. The van der Waals surface area contributed by atoms with Crippen LogP contribution in [0, 0.1) is 5.41 Å². The first-order valence-corrected chi connectivity index (χ1v) is 3.09. The molecular weight excluding hydrogens is 103 g/mol. The standard InChI is InChI=1S/C6H12.CH3F/c1-6(2)4-3-5-6;1-2/h3-5H2,1-2H3;1H3. The van der Waals surface area contributed by atoms with E-state index >= 15 is 0 Å². The second-order valence-electron chi connectivity index (χ2n) is 3.02. The van der Waals surface area contributed by atoms with Crippen LogP contribution in [0.25, 0.3) is 0 Å². The van der Waals surface area contributed by atoms with Gasteiger partial charge in [-0.15, -0.1) is 0 Å². The Balaban J connectivity index is 0.000000222. The van der Waals surface area contributed by atoms with Gasteiger partial charge in [0.15, 0.2) is 0 Å². The highest BCUT2D eigenvalue weighted by Gasteiger charge is 2.24. The Morgan fingerprint density at radius 3 is 1.38 bits per heavy atom. The fourth-order valence-corrected chi connectivity index (χ4v) is 0.884. The van der Waals surface area contributed by atoms with Crippen molar-refractivity contribution < 1.29 is 4.39 Å². The summed E-state index contributed by atoms with van der Waals surface area (Å²) >= 11 is 0. The summed E-state index contributed by atoms with van der Waals surface area (Å²) in [6, 6.07) is 0. The molecule has 0 spiro atoms. The maximum atomic E-state index is 9.50. The lowest BCUT2D eigenvalue weighted by atomic mass is 9.72. The molecule has 0 aromatic heterocycles. The lowest BCUT2D eigenvalue weighted by Gasteiger charge is -2.33. The van der Waals surface area contributed by atoms with Crippen molar-refractivity contribution in [2.45, 2.75) is 33.1 Å².